The lowest BCUT2D eigenvalue weighted by molar-refractivity contribution is 0.681. The first-order valence-corrected chi connectivity index (χ1v) is 9.00. The van der Waals surface area contributed by atoms with Gasteiger partial charge in [0.25, 0.3) is 0 Å². The van der Waals surface area contributed by atoms with Gasteiger partial charge in [0.1, 0.15) is 0 Å². The maximum Gasteiger partial charge on any atom is 0.341 e. The van der Waals surface area contributed by atoms with Crippen LogP contribution in [0.1, 0.15) is 6.42 Å². The highest BCUT2D eigenvalue weighted by atomic mass is 35.8. The zero-order chi connectivity index (χ0) is 9.03. The molecule has 0 saturated carbocycles. The monoisotopic (exact) mass is 241 g/mol. The maximum absolute atomic E-state index is 5.73. The van der Waals surface area contributed by atoms with Gasteiger partial charge in [-0.05, 0) is 24.6 Å². The van der Waals surface area contributed by atoms with Crippen molar-refractivity contribution in [1.29, 1.82) is 0 Å². The highest BCUT2D eigenvalue weighted by Crippen LogP contribution is 2.26. The largest absolute Gasteiger partial charge is 0.354 e. The molecule has 0 saturated heterocycles. The summed E-state index contributed by atoms with van der Waals surface area (Å²) in [4.78, 5) is 0. The SMILES string of the molecule is Cl[Si](Cl)(Cl)CCCn1cccc1. The van der Waals surface area contributed by atoms with E-state index in [1.165, 1.54) is 0 Å². The van der Waals surface area contributed by atoms with Crippen molar-refractivity contribution in [3.8, 4) is 0 Å². The van der Waals surface area contributed by atoms with Gasteiger partial charge in [-0.3, -0.25) is 0 Å². The molecule has 0 aliphatic carbocycles. The summed E-state index contributed by atoms with van der Waals surface area (Å²) in [6.45, 7) is 0.938. The Morgan fingerprint density at radius 3 is 2.17 bits per heavy atom. The number of aryl methyl sites for hydroxylation is 1. The van der Waals surface area contributed by atoms with Crippen LogP contribution in [-0.4, -0.2) is 10.6 Å². The van der Waals surface area contributed by atoms with E-state index in [0.29, 0.717) is 0 Å². The third kappa shape index (κ3) is 4.41. The molecule has 0 atom stereocenters. The standard InChI is InChI=1S/C7H10Cl3NSi/c8-12(9,10)7-3-6-11-4-1-2-5-11/h1-2,4-5H,3,6-7H2. The van der Waals surface area contributed by atoms with E-state index in [9.17, 15) is 0 Å². The Labute approximate surface area is 87.4 Å². The highest BCUT2D eigenvalue weighted by molar-refractivity contribution is 7.64. The molecule has 0 amide bonds. The Morgan fingerprint density at radius 2 is 1.67 bits per heavy atom. The van der Waals surface area contributed by atoms with Gasteiger partial charge in [-0.2, -0.15) is 0 Å². The van der Waals surface area contributed by atoms with Crippen LogP contribution in [0.25, 0.3) is 0 Å². The van der Waals surface area contributed by atoms with Crippen molar-refractivity contribution < 1.29 is 0 Å². The molecule has 0 aliphatic rings. The molecular formula is C7H10Cl3NSi. The van der Waals surface area contributed by atoms with Gasteiger partial charge in [0, 0.05) is 18.9 Å². The van der Waals surface area contributed by atoms with Gasteiger partial charge < -0.3 is 4.57 Å². The van der Waals surface area contributed by atoms with E-state index in [-0.39, 0.29) is 0 Å². The topological polar surface area (TPSA) is 4.93 Å². The molecule has 0 spiro atoms. The lowest BCUT2D eigenvalue weighted by Gasteiger charge is -2.07. The highest BCUT2D eigenvalue weighted by Gasteiger charge is 2.23. The van der Waals surface area contributed by atoms with Crippen LogP contribution in [0.3, 0.4) is 0 Å². The molecule has 0 bridgehead atoms. The third-order valence-corrected chi connectivity index (χ3v) is 4.16. The number of hydrogen-bond donors (Lipinski definition) is 0. The summed E-state index contributed by atoms with van der Waals surface area (Å²) in [6, 6.07) is 2.33. The van der Waals surface area contributed by atoms with E-state index in [1.807, 2.05) is 24.5 Å². The van der Waals surface area contributed by atoms with Crippen molar-refractivity contribution in [2.45, 2.75) is 19.0 Å². The molecule has 12 heavy (non-hydrogen) atoms. The minimum atomic E-state index is -2.39. The number of hydrogen-bond acceptors (Lipinski definition) is 0. The van der Waals surface area contributed by atoms with E-state index in [4.69, 9.17) is 33.2 Å². The van der Waals surface area contributed by atoms with Crippen LogP contribution in [0.5, 0.6) is 0 Å². The van der Waals surface area contributed by atoms with Crippen LogP contribution >= 0.6 is 33.2 Å². The molecule has 0 aliphatic heterocycles. The Balaban J connectivity index is 2.20. The van der Waals surface area contributed by atoms with Crippen LogP contribution in [0.15, 0.2) is 24.5 Å². The summed E-state index contributed by atoms with van der Waals surface area (Å²) in [5, 5.41) is 0. The number of aromatic nitrogens is 1. The molecule has 1 aromatic rings. The minimum Gasteiger partial charge on any atom is -0.354 e. The van der Waals surface area contributed by atoms with Gasteiger partial charge in [-0.25, -0.2) is 0 Å². The summed E-state index contributed by atoms with van der Waals surface area (Å²) in [7, 11) is 0. The quantitative estimate of drug-likeness (QED) is 0.562. The molecule has 0 unspecified atom stereocenters. The molecule has 0 fully saturated rings. The van der Waals surface area contributed by atoms with E-state index >= 15 is 0 Å². The summed E-state index contributed by atoms with van der Waals surface area (Å²) in [5.41, 5.74) is 0. The zero-order valence-electron chi connectivity index (χ0n) is 6.51. The van der Waals surface area contributed by atoms with E-state index in [0.717, 1.165) is 19.0 Å². The molecule has 1 nitrogen and oxygen atoms in total. The van der Waals surface area contributed by atoms with Gasteiger partial charge in [-0.1, -0.05) is 0 Å². The summed E-state index contributed by atoms with van der Waals surface area (Å²) >= 11 is 17.2. The van der Waals surface area contributed by atoms with Crippen molar-refractivity contribution >= 4 is 39.2 Å². The molecule has 0 N–H and O–H groups in total. The predicted octanol–water partition coefficient (Wildman–Crippen LogP) is 3.53. The second kappa shape index (κ2) is 4.56. The average molecular weight is 243 g/mol. The first kappa shape index (κ1) is 10.4. The maximum atomic E-state index is 5.73. The van der Waals surface area contributed by atoms with Crippen LogP contribution in [0.4, 0.5) is 0 Å². The summed E-state index contributed by atoms with van der Waals surface area (Å²) in [5.74, 6) is 0. The van der Waals surface area contributed by atoms with Gasteiger partial charge >= 0.3 is 6.00 Å². The third-order valence-electron chi connectivity index (χ3n) is 1.54. The fraction of sp³-hybridized carbons (Fsp3) is 0.429. The fourth-order valence-corrected chi connectivity index (χ4v) is 2.74. The second-order valence-corrected chi connectivity index (χ2v) is 11.9. The number of nitrogens with zero attached hydrogens (tertiary/aromatic N) is 1. The van der Waals surface area contributed by atoms with Gasteiger partial charge in [0.05, 0.1) is 0 Å². The van der Waals surface area contributed by atoms with Crippen LogP contribution in [0, 0.1) is 0 Å². The van der Waals surface area contributed by atoms with Gasteiger partial charge in [0.2, 0.25) is 0 Å². The molecule has 5 heteroatoms. The Kier molecular flexibility index (Phi) is 3.97. The first-order valence-electron chi connectivity index (χ1n) is 3.75. The molecule has 0 aromatic carbocycles. The Morgan fingerprint density at radius 1 is 1.08 bits per heavy atom. The summed E-state index contributed by atoms with van der Waals surface area (Å²) in [6.07, 6.45) is 4.97. The molecular weight excluding hydrogens is 233 g/mol. The van der Waals surface area contributed by atoms with Crippen LogP contribution in [0.2, 0.25) is 6.04 Å². The van der Waals surface area contributed by atoms with Crippen molar-refractivity contribution in [2.75, 3.05) is 0 Å². The minimum absolute atomic E-state index is 0.732. The number of rotatable bonds is 4. The average Bonchev–Trinajstić information content (AvgIpc) is 2.36. The normalized spacial score (nSPS) is 11.9. The van der Waals surface area contributed by atoms with Gasteiger partial charge in [-0.15, -0.1) is 33.2 Å². The van der Waals surface area contributed by atoms with E-state index < -0.39 is 6.00 Å². The fourth-order valence-electron chi connectivity index (χ4n) is 0.981. The smallest absolute Gasteiger partial charge is 0.341 e. The molecule has 68 valence electrons. The van der Waals surface area contributed by atoms with Crippen LogP contribution in [-0.2, 0) is 6.54 Å². The van der Waals surface area contributed by atoms with Gasteiger partial charge in [0.15, 0.2) is 0 Å². The molecule has 1 rings (SSSR count). The van der Waals surface area contributed by atoms with E-state index in [1.54, 1.807) is 0 Å². The van der Waals surface area contributed by atoms with Crippen molar-refractivity contribution in [3.63, 3.8) is 0 Å². The second-order valence-electron chi connectivity index (χ2n) is 2.64. The Bertz CT molecular complexity index is 217. The molecule has 0 radical (unpaired) electrons. The zero-order valence-corrected chi connectivity index (χ0v) is 9.78. The van der Waals surface area contributed by atoms with Crippen LogP contribution < -0.4 is 0 Å². The lowest BCUT2D eigenvalue weighted by Crippen LogP contribution is -2.09. The predicted molar refractivity (Wildman–Crippen MR) is 57.2 cm³/mol. The van der Waals surface area contributed by atoms with Crippen molar-refractivity contribution in [2.24, 2.45) is 0 Å². The van der Waals surface area contributed by atoms with Crippen molar-refractivity contribution in [3.05, 3.63) is 24.5 Å². The van der Waals surface area contributed by atoms with E-state index in [2.05, 4.69) is 4.57 Å². The Hall–Kier alpha value is 0.367. The molecule has 1 heterocycles. The lowest BCUT2D eigenvalue weighted by atomic mass is 10.5. The number of halogens is 3. The first-order chi connectivity index (χ1) is 5.58. The summed E-state index contributed by atoms with van der Waals surface area (Å²) < 4.78 is 2.09. The van der Waals surface area contributed by atoms with Crippen molar-refractivity contribution in [1.82, 2.24) is 4.57 Å². The molecule has 1 aromatic heterocycles.